The van der Waals surface area contributed by atoms with Gasteiger partial charge in [0.2, 0.25) is 0 Å². The van der Waals surface area contributed by atoms with Gasteiger partial charge in [0.05, 0.1) is 12.1 Å². The van der Waals surface area contributed by atoms with Crippen molar-refractivity contribution < 1.29 is 15.0 Å². The fraction of sp³-hybridized carbons (Fsp3) is 0.900. The van der Waals surface area contributed by atoms with Crippen LogP contribution >= 0.6 is 0 Å². The van der Waals surface area contributed by atoms with Gasteiger partial charge in [-0.05, 0) is 26.7 Å². The number of nitrogens with one attached hydrogen (secondary N) is 1. The summed E-state index contributed by atoms with van der Waals surface area (Å²) in [5, 5.41) is 21.7. The summed E-state index contributed by atoms with van der Waals surface area (Å²) in [6, 6.07) is -0.192. The normalized spacial score (nSPS) is 28.6. The topological polar surface area (TPSA) is 69.6 Å². The van der Waals surface area contributed by atoms with Crippen LogP contribution in [0, 0.1) is 0 Å². The molecule has 0 aliphatic heterocycles. The van der Waals surface area contributed by atoms with Gasteiger partial charge in [0, 0.05) is 0 Å². The van der Waals surface area contributed by atoms with E-state index in [0.29, 0.717) is 0 Å². The molecule has 0 saturated heterocycles. The minimum absolute atomic E-state index is 0.192. The smallest absolute Gasteiger partial charge is 0.251 e. The zero-order chi connectivity index (χ0) is 10.8. The van der Waals surface area contributed by atoms with Crippen LogP contribution in [0.3, 0.4) is 0 Å². The third-order valence-electron chi connectivity index (χ3n) is 2.60. The average molecular weight is 201 g/mol. The highest BCUT2D eigenvalue weighted by Gasteiger charge is 2.30. The zero-order valence-corrected chi connectivity index (χ0v) is 8.79. The summed E-state index contributed by atoms with van der Waals surface area (Å²) in [6.45, 7) is 2.88. The summed E-state index contributed by atoms with van der Waals surface area (Å²) in [6.07, 6.45) is 3.10. The standard InChI is InChI=1S/C10H19NO3/c1-10(2,14)9(13)11-7-5-3-4-6-8(7)12/h7-8,12,14H,3-6H2,1-2H3,(H,11,13). The van der Waals surface area contributed by atoms with Crippen LogP contribution < -0.4 is 5.32 Å². The van der Waals surface area contributed by atoms with E-state index in [1.165, 1.54) is 13.8 Å². The maximum atomic E-state index is 11.4. The molecule has 3 N–H and O–H groups in total. The Labute approximate surface area is 84.3 Å². The molecule has 4 nitrogen and oxygen atoms in total. The maximum Gasteiger partial charge on any atom is 0.251 e. The molecule has 0 spiro atoms. The van der Waals surface area contributed by atoms with Gasteiger partial charge in [-0.2, -0.15) is 0 Å². The third-order valence-corrected chi connectivity index (χ3v) is 2.60. The SMILES string of the molecule is CC(C)(O)C(=O)NC1CCCCC1O. The molecule has 1 amide bonds. The highest BCUT2D eigenvalue weighted by molar-refractivity contribution is 5.84. The number of carbonyl (C=O) groups is 1. The van der Waals surface area contributed by atoms with Gasteiger partial charge in [-0.25, -0.2) is 0 Å². The molecule has 82 valence electrons. The summed E-state index contributed by atoms with van der Waals surface area (Å²) >= 11 is 0. The quantitative estimate of drug-likeness (QED) is 0.597. The minimum Gasteiger partial charge on any atom is -0.391 e. The van der Waals surface area contributed by atoms with Gasteiger partial charge in [-0.1, -0.05) is 12.8 Å². The fourth-order valence-corrected chi connectivity index (χ4v) is 1.62. The number of hydrogen-bond donors (Lipinski definition) is 3. The Morgan fingerprint density at radius 2 is 1.93 bits per heavy atom. The Morgan fingerprint density at radius 1 is 1.36 bits per heavy atom. The molecular weight excluding hydrogens is 182 g/mol. The molecule has 1 rings (SSSR count). The summed E-state index contributed by atoms with van der Waals surface area (Å²) < 4.78 is 0. The van der Waals surface area contributed by atoms with Crippen molar-refractivity contribution in [3.63, 3.8) is 0 Å². The van der Waals surface area contributed by atoms with Crippen LogP contribution in [0.25, 0.3) is 0 Å². The van der Waals surface area contributed by atoms with Gasteiger partial charge in [-0.15, -0.1) is 0 Å². The third kappa shape index (κ3) is 2.96. The first-order valence-corrected chi connectivity index (χ1v) is 5.12. The largest absolute Gasteiger partial charge is 0.391 e. The van der Waals surface area contributed by atoms with E-state index in [1.807, 2.05) is 0 Å². The first-order valence-electron chi connectivity index (χ1n) is 5.12. The second-order valence-corrected chi connectivity index (χ2v) is 4.49. The van der Waals surface area contributed by atoms with Crippen molar-refractivity contribution in [3.8, 4) is 0 Å². The average Bonchev–Trinajstić information content (AvgIpc) is 2.07. The molecule has 1 aliphatic rings. The van der Waals surface area contributed by atoms with E-state index >= 15 is 0 Å². The molecule has 0 aromatic rings. The van der Waals surface area contributed by atoms with Crippen molar-refractivity contribution in [1.29, 1.82) is 0 Å². The minimum atomic E-state index is -1.36. The lowest BCUT2D eigenvalue weighted by Gasteiger charge is -2.30. The van der Waals surface area contributed by atoms with E-state index in [-0.39, 0.29) is 6.04 Å². The lowest BCUT2D eigenvalue weighted by Crippen LogP contribution is -2.51. The Bertz CT molecular complexity index is 210. The van der Waals surface area contributed by atoms with Crippen LogP contribution in [-0.2, 0) is 4.79 Å². The number of hydrogen-bond acceptors (Lipinski definition) is 3. The monoisotopic (exact) mass is 201 g/mol. The zero-order valence-electron chi connectivity index (χ0n) is 8.79. The predicted octanol–water partition coefficient (Wildman–Crippen LogP) is 0.177. The second kappa shape index (κ2) is 4.28. The fourth-order valence-electron chi connectivity index (χ4n) is 1.62. The summed E-state index contributed by atoms with van der Waals surface area (Å²) in [5.41, 5.74) is -1.36. The molecule has 2 atom stereocenters. The highest BCUT2D eigenvalue weighted by Crippen LogP contribution is 2.18. The molecule has 14 heavy (non-hydrogen) atoms. The van der Waals surface area contributed by atoms with Gasteiger partial charge in [0.1, 0.15) is 5.60 Å². The van der Waals surface area contributed by atoms with E-state index in [9.17, 15) is 15.0 Å². The van der Waals surface area contributed by atoms with E-state index in [2.05, 4.69) is 5.32 Å². The predicted molar refractivity (Wildman–Crippen MR) is 52.7 cm³/mol. The first-order chi connectivity index (χ1) is 6.41. The van der Waals surface area contributed by atoms with Crippen molar-refractivity contribution in [2.45, 2.75) is 57.3 Å². The Morgan fingerprint density at radius 3 is 2.43 bits per heavy atom. The molecule has 0 heterocycles. The maximum absolute atomic E-state index is 11.4. The second-order valence-electron chi connectivity index (χ2n) is 4.49. The van der Waals surface area contributed by atoms with Crippen LogP contribution in [0.15, 0.2) is 0 Å². The van der Waals surface area contributed by atoms with Crippen LogP contribution in [0.1, 0.15) is 39.5 Å². The van der Waals surface area contributed by atoms with E-state index in [4.69, 9.17) is 0 Å². The molecular formula is C10H19NO3. The van der Waals surface area contributed by atoms with Gasteiger partial charge in [0.25, 0.3) is 5.91 Å². The van der Waals surface area contributed by atoms with Crippen molar-refractivity contribution in [3.05, 3.63) is 0 Å². The van der Waals surface area contributed by atoms with E-state index < -0.39 is 17.6 Å². The van der Waals surface area contributed by atoms with Gasteiger partial charge >= 0.3 is 0 Å². The molecule has 0 aromatic heterocycles. The molecule has 1 fully saturated rings. The van der Waals surface area contributed by atoms with Crippen molar-refractivity contribution in [2.24, 2.45) is 0 Å². The summed E-state index contributed by atoms with van der Waals surface area (Å²) in [7, 11) is 0. The van der Waals surface area contributed by atoms with Crippen molar-refractivity contribution >= 4 is 5.91 Å². The van der Waals surface area contributed by atoms with Crippen LogP contribution in [0.4, 0.5) is 0 Å². The van der Waals surface area contributed by atoms with Gasteiger partial charge in [0.15, 0.2) is 0 Å². The molecule has 1 aliphatic carbocycles. The lowest BCUT2D eigenvalue weighted by molar-refractivity contribution is -0.138. The molecule has 0 radical (unpaired) electrons. The van der Waals surface area contributed by atoms with E-state index in [0.717, 1.165) is 25.7 Å². The Kier molecular flexibility index (Phi) is 3.50. The van der Waals surface area contributed by atoms with Crippen LogP contribution in [-0.4, -0.2) is 33.9 Å². The number of aliphatic hydroxyl groups excluding tert-OH is 1. The summed E-state index contributed by atoms with van der Waals surface area (Å²) in [5.74, 6) is -0.413. The molecule has 0 aromatic carbocycles. The van der Waals surface area contributed by atoms with Gasteiger partial charge in [-0.3, -0.25) is 4.79 Å². The van der Waals surface area contributed by atoms with Crippen molar-refractivity contribution in [1.82, 2.24) is 5.32 Å². The first kappa shape index (κ1) is 11.5. The molecule has 2 unspecified atom stereocenters. The van der Waals surface area contributed by atoms with Gasteiger partial charge < -0.3 is 15.5 Å². The molecule has 0 bridgehead atoms. The number of carbonyl (C=O) groups excluding carboxylic acids is 1. The number of aliphatic hydroxyl groups is 2. The number of amides is 1. The highest BCUT2D eigenvalue weighted by atomic mass is 16.3. The van der Waals surface area contributed by atoms with Crippen LogP contribution in [0.2, 0.25) is 0 Å². The number of rotatable bonds is 2. The molecule has 4 heteroatoms. The summed E-state index contributed by atoms with van der Waals surface area (Å²) in [4.78, 5) is 11.4. The van der Waals surface area contributed by atoms with Crippen LogP contribution in [0.5, 0.6) is 0 Å². The van der Waals surface area contributed by atoms with E-state index in [1.54, 1.807) is 0 Å². The van der Waals surface area contributed by atoms with Crippen molar-refractivity contribution in [2.75, 3.05) is 0 Å². The molecule has 1 saturated carbocycles. The lowest BCUT2D eigenvalue weighted by atomic mass is 9.92. The Balaban J connectivity index is 2.46. The Hall–Kier alpha value is -0.610.